The van der Waals surface area contributed by atoms with Gasteiger partial charge in [-0.1, -0.05) is 53.8 Å². The van der Waals surface area contributed by atoms with E-state index in [1.807, 2.05) is 0 Å². The third kappa shape index (κ3) is 5.02. The maximum absolute atomic E-state index is 14.6. The number of ether oxygens (including phenoxy) is 3. The van der Waals surface area contributed by atoms with E-state index in [0.29, 0.717) is 28.1 Å². The molecular formula is C33H26FN3O7S. The van der Waals surface area contributed by atoms with Gasteiger partial charge in [0.2, 0.25) is 0 Å². The molecule has 2 aliphatic rings. The molecule has 2 aliphatic heterocycles. The van der Waals surface area contributed by atoms with E-state index in [1.54, 1.807) is 61.5 Å². The predicted octanol–water partition coefficient (Wildman–Crippen LogP) is 3.40. The summed E-state index contributed by atoms with van der Waals surface area (Å²) in [5, 5.41) is 0. The molecule has 10 nitrogen and oxygen atoms in total. The van der Waals surface area contributed by atoms with E-state index in [2.05, 4.69) is 4.99 Å². The van der Waals surface area contributed by atoms with Crippen LogP contribution in [0.1, 0.15) is 36.6 Å². The van der Waals surface area contributed by atoms with E-state index < -0.39 is 35.3 Å². The van der Waals surface area contributed by atoms with Gasteiger partial charge in [-0.2, -0.15) is 0 Å². The van der Waals surface area contributed by atoms with Crippen LogP contribution in [0.5, 0.6) is 11.5 Å². The van der Waals surface area contributed by atoms with Crippen molar-refractivity contribution < 1.29 is 33.0 Å². The Kier molecular flexibility index (Phi) is 7.67. The normalized spacial score (nSPS) is 16.6. The predicted molar refractivity (Wildman–Crippen MR) is 163 cm³/mol. The van der Waals surface area contributed by atoms with Crippen molar-refractivity contribution in [3.05, 3.63) is 120 Å². The first kappa shape index (κ1) is 29.7. The minimum absolute atomic E-state index is 0.0347. The standard InChI is InChI=1S/C33H26FN3O7S/c1-17-26(32(41)43-4)28(19-13-14-24(44-18(2)38)25(15-19)42-3)37-31(40)29(45-33(37)35-17)27-21-10-6-8-12-23(21)36(30(27)39)16-20-9-5-7-11-22(20)34/h5-15,28H,16H2,1-4H3/b29-27-/t28-/m0/s1. The minimum atomic E-state index is -1.01. The molecule has 228 valence electrons. The summed E-state index contributed by atoms with van der Waals surface area (Å²) in [6.07, 6.45) is 0. The summed E-state index contributed by atoms with van der Waals surface area (Å²) in [7, 11) is 2.63. The molecule has 0 spiro atoms. The highest BCUT2D eigenvalue weighted by atomic mass is 32.1. The van der Waals surface area contributed by atoms with Gasteiger partial charge in [0.05, 0.1) is 49.3 Å². The largest absolute Gasteiger partial charge is 0.493 e. The van der Waals surface area contributed by atoms with Crippen LogP contribution in [0.3, 0.4) is 0 Å². The number of allylic oxidation sites excluding steroid dienone is 1. The van der Waals surface area contributed by atoms with Gasteiger partial charge in [0.25, 0.3) is 11.5 Å². The molecule has 12 heteroatoms. The zero-order chi connectivity index (χ0) is 32.0. The van der Waals surface area contributed by atoms with E-state index in [1.165, 1.54) is 42.7 Å². The number of para-hydroxylation sites is 1. The van der Waals surface area contributed by atoms with Gasteiger partial charge in [-0.3, -0.25) is 19.0 Å². The molecule has 0 fully saturated rings. The van der Waals surface area contributed by atoms with E-state index in [9.17, 15) is 23.6 Å². The molecule has 6 rings (SSSR count). The summed E-state index contributed by atoms with van der Waals surface area (Å²) in [4.78, 5) is 59.5. The van der Waals surface area contributed by atoms with Crippen molar-refractivity contribution in [2.45, 2.75) is 26.4 Å². The van der Waals surface area contributed by atoms with Crippen molar-refractivity contribution in [3.8, 4) is 11.5 Å². The zero-order valence-corrected chi connectivity index (χ0v) is 25.4. The van der Waals surface area contributed by atoms with Crippen LogP contribution in [0, 0.1) is 5.82 Å². The Morgan fingerprint density at radius 2 is 1.73 bits per heavy atom. The fraction of sp³-hybridized carbons (Fsp3) is 0.182. The number of esters is 2. The van der Waals surface area contributed by atoms with Gasteiger partial charge in [0.1, 0.15) is 10.3 Å². The van der Waals surface area contributed by atoms with Crippen molar-refractivity contribution in [2.24, 2.45) is 4.99 Å². The molecule has 0 saturated heterocycles. The molecule has 0 saturated carbocycles. The SMILES string of the molecule is COC(=O)C1=C(C)N=c2s/c(=C3\C(=O)N(Cc4ccccc4F)c4ccccc43)c(=O)n2[C@H]1c1ccc(OC(C)=O)c(OC)c1. The number of nitrogens with zero attached hydrogens (tertiary/aromatic N) is 3. The first-order valence-corrected chi connectivity index (χ1v) is 14.6. The number of hydrogen-bond donors (Lipinski definition) is 0. The van der Waals surface area contributed by atoms with Gasteiger partial charge in [-0.15, -0.1) is 0 Å². The molecule has 0 bridgehead atoms. The van der Waals surface area contributed by atoms with Gasteiger partial charge in [0, 0.05) is 18.1 Å². The highest BCUT2D eigenvalue weighted by molar-refractivity contribution is 7.07. The number of fused-ring (bicyclic) bond motifs is 2. The first-order chi connectivity index (χ1) is 21.6. The number of aromatic nitrogens is 1. The lowest BCUT2D eigenvalue weighted by atomic mass is 9.95. The number of thiazole rings is 1. The molecule has 0 N–H and O–H groups in total. The third-order valence-electron chi connectivity index (χ3n) is 7.60. The Morgan fingerprint density at radius 1 is 1.00 bits per heavy atom. The first-order valence-electron chi connectivity index (χ1n) is 13.8. The second-order valence-corrected chi connectivity index (χ2v) is 11.3. The van der Waals surface area contributed by atoms with Crippen LogP contribution in [-0.4, -0.2) is 36.6 Å². The van der Waals surface area contributed by atoms with Crippen LogP contribution >= 0.6 is 11.3 Å². The Balaban J connectivity index is 1.57. The molecular weight excluding hydrogens is 601 g/mol. The average molecular weight is 628 g/mol. The van der Waals surface area contributed by atoms with Gasteiger partial charge in [-0.25, -0.2) is 14.2 Å². The lowest BCUT2D eigenvalue weighted by Gasteiger charge is -2.25. The number of halogens is 1. The quantitative estimate of drug-likeness (QED) is 0.238. The molecule has 3 aromatic carbocycles. The maximum Gasteiger partial charge on any atom is 0.338 e. The molecule has 1 atom stereocenters. The van der Waals surface area contributed by atoms with Crippen LogP contribution in [0.2, 0.25) is 0 Å². The van der Waals surface area contributed by atoms with Crippen molar-refractivity contribution in [2.75, 3.05) is 19.1 Å². The molecule has 0 aliphatic carbocycles. The van der Waals surface area contributed by atoms with Crippen molar-refractivity contribution in [3.63, 3.8) is 0 Å². The molecule has 0 unspecified atom stereocenters. The van der Waals surface area contributed by atoms with Gasteiger partial charge in [0.15, 0.2) is 16.3 Å². The fourth-order valence-corrected chi connectivity index (χ4v) is 6.74. The number of carbonyl (C=O) groups excluding carboxylic acids is 3. The van der Waals surface area contributed by atoms with Gasteiger partial charge in [-0.05, 0) is 36.8 Å². The summed E-state index contributed by atoms with van der Waals surface area (Å²) in [5.74, 6) is -1.79. The highest BCUT2D eigenvalue weighted by Gasteiger charge is 2.37. The summed E-state index contributed by atoms with van der Waals surface area (Å²) in [6.45, 7) is 2.86. The monoisotopic (exact) mass is 627 g/mol. The molecule has 4 aromatic rings. The van der Waals surface area contributed by atoms with Gasteiger partial charge >= 0.3 is 11.9 Å². The molecule has 1 aromatic heterocycles. The molecule has 0 radical (unpaired) electrons. The Morgan fingerprint density at radius 3 is 2.44 bits per heavy atom. The minimum Gasteiger partial charge on any atom is -0.493 e. The Hall–Kier alpha value is -5.36. The number of anilines is 1. The van der Waals surface area contributed by atoms with E-state index in [4.69, 9.17) is 14.2 Å². The lowest BCUT2D eigenvalue weighted by molar-refractivity contribution is -0.136. The fourth-order valence-electron chi connectivity index (χ4n) is 5.61. The molecule has 45 heavy (non-hydrogen) atoms. The lowest BCUT2D eigenvalue weighted by Crippen LogP contribution is -2.40. The van der Waals surface area contributed by atoms with Crippen LogP contribution in [0.25, 0.3) is 5.57 Å². The van der Waals surface area contributed by atoms with Crippen molar-refractivity contribution >= 4 is 40.4 Å². The summed E-state index contributed by atoms with van der Waals surface area (Å²) >= 11 is 1.02. The smallest absolute Gasteiger partial charge is 0.338 e. The number of methoxy groups -OCH3 is 2. The molecule has 1 amide bonds. The van der Waals surface area contributed by atoms with Crippen LogP contribution in [0.15, 0.2) is 87.8 Å². The van der Waals surface area contributed by atoms with E-state index in [-0.39, 0.29) is 38.5 Å². The summed E-state index contributed by atoms with van der Waals surface area (Å²) in [5.41, 5.74) is 1.90. The molecule has 3 heterocycles. The van der Waals surface area contributed by atoms with Crippen molar-refractivity contribution in [1.29, 1.82) is 0 Å². The number of benzene rings is 3. The maximum atomic E-state index is 14.6. The second-order valence-electron chi connectivity index (χ2n) is 10.3. The highest BCUT2D eigenvalue weighted by Crippen LogP contribution is 2.38. The van der Waals surface area contributed by atoms with Crippen LogP contribution in [-0.2, 0) is 25.7 Å². The Bertz CT molecular complexity index is 2130. The van der Waals surface area contributed by atoms with Crippen LogP contribution < -0.4 is 29.3 Å². The topological polar surface area (TPSA) is 117 Å². The summed E-state index contributed by atoms with van der Waals surface area (Å²) in [6, 6.07) is 16.9. The Labute approximate surface area is 259 Å². The van der Waals surface area contributed by atoms with Gasteiger partial charge < -0.3 is 19.1 Å². The third-order valence-corrected chi connectivity index (χ3v) is 8.65. The van der Waals surface area contributed by atoms with E-state index in [0.717, 1.165) is 11.3 Å². The number of amides is 1. The number of carbonyl (C=O) groups is 3. The van der Waals surface area contributed by atoms with E-state index >= 15 is 0 Å². The zero-order valence-electron chi connectivity index (χ0n) is 24.6. The van der Waals surface area contributed by atoms with Crippen molar-refractivity contribution in [1.82, 2.24) is 4.57 Å². The summed E-state index contributed by atoms with van der Waals surface area (Å²) < 4.78 is 31.9. The average Bonchev–Trinajstić information content (AvgIpc) is 3.49. The second kappa shape index (κ2) is 11.6. The number of hydrogen-bond acceptors (Lipinski definition) is 9. The number of rotatable bonds is 6. The van der Waals surface area contributed by atoms with Crippen LogP contribution in [0.4, 0.5) is 10.1 Å².